The summed E-state index contributed by atoms with van der Waals surface area (Å²) in [4.78, 5) is 26.2. The lowest BCUT2D eigenvalue weighted by atomic mass is 10.1. The predicted molar refractivity (Wildman–Crippen MR) is 102 cm³/mol. The Labute approximate surface area is 166 Å². The van der Waals surface area contributed by atoms with Gasteiger partial charge in [0.25, 0.3) is 5.91 Å². The zero-order chi connectivity index (χ0) is 21.0. The molecule has 2 amide bonds. The third-order valence-electron chi connectivity index (χ3n) is 4.69. The predicted octanol–water partition coefficient (Wildman–Crippen LogP) is 3.89. The zero-order valence-electron chi connectivity index (χ0n) is 15.8. The third-order valence-corrected chi connectivity index (χ3v) is 4.69. The molecule has 0 radical (unpaired) electrons. The van der Waals surface area contributed by atoms with Crippen LogP contribution in [-0.2, 0) is 11.0 Å². The summed E-state index contributed by atoms with van der Waals surface area (Å²) < 4.78 is 44.6. The number of nitrogens with one attached hydrogen (secondary N) is 1. The number of carbonyl (C=O) groups excluding carboxylic acids is 2. The fraction of sp³-hybridized carbons (Fsp3) is 0.333. The van der Waals surface area contributed by atoms with Crippen LogP contribution in [-0.4, -0.2) is 31.5 Å². The Kier molecular flexibility index (Phi) is 6.10. The summed E-state index contributed by atoms with van der Waals surface area (Å²) in [5, 5.41) is 2.53. The Bertz CT molecular complexity index is 881. The van der Waals surface area contributed by atoms with E-state index in [0.717, 1.165) is 17.8 Å². The molecule has 2 aromatic rings. The largest absolute Gasteiger partial charge is 0.494 e. The molecule has 1 saturated heterocycles. The van der Waals surface area contributed by atoms with Gasteiger partial charge in [0.1, 0.15) is 5.75 Å². The maximum atomic E-state index is 13.1. The van der Waals surface area contributed by atoms with Crippen molar-refractivity contribution >= 4 is 17.5 Å². The van der Waals surface area contributed by atoms with Crippen LogP contribution in [0.25, 0.3) is 0 Å². The first-order valence-corrected chi connectivity index (χ1v) is 9.27. The molecular weight excluding hydrogens is 385 g/mol. The molecule has 1 unspecified atom stereocenters. The van der Waals surface area contributed by atoms with Gasteiger partial charge < -0.3 is 15.0 Å². The monoisotopic (exact) mass is 406 g/mol. The van der Waals surface area contributed by atoms with Gasteiger partial charge in [0, 0.05) is 31.1 Å². The first kappa shape index (κ1) is 20.7. The van der Waals surface area contributed by atoms with Gasteiger partial charge in [-0.15, -0.1) is 0 Å². The second-order valence-electron chi connectivity index (χ2n) is 6.75. The topological polar surface area (TPSA) is 58.6 Å². The van der Waals surface area contributed by atoms with Crippen LogP contribution in [0.3, 0.4) is 0 Å². The van der Waals surface area contributed by atoms with E-state index in [2.05, 4.69) is 5.32 Å². The number of hydrogen-bond acceptors (Lipinski definition) is 3. The number of alkyl halides is 3. The maximum Gasteiger partial charge on any atom is 0.417 e. The molecule has 1 aliphatic rings. The van der Waals surface area contributed by atoms with E-state index >= 15 is 0 Å². The molecule has 0 saturated carbocycles. The summed E-state index contributed by atoms with van der Waals surface area (Å²) in [6.45, 7) is 2.92. The molecular formula is C21H21F3N2O3. The van der Waals surface area contributed by atoms with Crippen LogP contribution in [0, 0.1) is 5.92 Å². The minimum atomic E-state index is -4.61. The van der Waals surface area contributed by atoms with Crippen LogP contribution in [0.2, 0.25) is 0 Å². The number of halogens is 3. The molecule has 1 heterocycles. The average Bonchev–Trinajstić information content (AvgIpc) is 3.07. The van der Waals surface area contributed by atoms with E-state index in [0.29, 0.717) is 18.9 Å². The third kappa shape index (κ3) is 4.88. The molecule has 5 nitrogen and oxygen atoms in total. The second kappa shape index (κ2) is 8.55. The Morgan fingerprint density at radius 2 is 1.86 bits per heavy atom. The highest BCUT2D eigenvalue weighted by atomic mass is 19.4. The normalized spacial score (nSPS) is 16.8. The van der Waals surface area contributed by atoms with Crippen LogP contribution in [0.5, 0.6) is 5.75 Å². The molecule has 1 aliphatic heterocycles. The number of hydrogen-bond donors (Lipinski definition) is 1. The van der Waals surface area contributed by atoms with Crippen molar-refractivity contribution in [3.63, 3.8) is 0 Å². The van der Waals surface area contributed by atoms with Crippen LogP contribution in [0.15, 0.2) is 48.5 Å². The molecule has 154 valence electrons. The average molecular weight is 406 g/mol. The van der Waals surface area contributed by atoms with Gasteiger partial charge in [-0.2, -0.15) is 13.2 Å². The molecule has 29 heavy (non-hydrogen) atoms. The lowest BCUT2D eigenvalue weighted by molar-refractivity contribution is -0.138. The van der Waals surface area contributed by atoms with E-state index in [1.165, 1.54) is 12.1 Å². The van der Waals surface area contributed by atoms with E-state index in [1.807, 2.05) is 6.92 Å². The summed E-state index contributed by atoms with van der Waals surface area (Å²) in [6, 6.07) is 11.8. The lowest BCUT2D eigenvalue weighted by Crippen LogP contribution is -2.32. The SMILES string of the molecule is CCOc1ccc(N2CC(CNC(=O)c3ccccc3C(F)(F)F)CC2=O)cc1. The fourth-order valence-electron chi connectivity index (χ4n) is 3.32. The van der Waals surface area contributed by atoms with E-state index in [1.54, 1.807) is 29.2 Å². The molecule has 0 bridgehead atoms. The maximum absolute atomic E-state index is 13.1. The molecule has 8 heteroatoms. The first-order valence-electron chi connectivity index (χ1n) is 9.27. The molecule has 0 spiro atoms. The molecule has 0 aliphatic carbocycles. The molecule has 2 aromatic carbocycles. The van der Waals surface area contributed by atoms with Crippen molar-refractivity contribution in [3.05, 3.63) is 59.7 Å². The van der Waals surface area contributed by atoms with Gasteiger partial charge in [0.2, 0.25) is 5.91 Å². The first-order chi connectivity index (χ1) is 13.8. The van der Waals surface area contributed by atoms with Gasteiger partial charge in [-0.05, 0) is 43.3 Å². The van der Waals surface area contributed by atoms with Crippen molar-refractivity contribution in [1.82, 2.24) is 5.32 Å². The minimum Gasteiger partial charge on any atom is -0.494 e. The minimum absolute atomic E-state index is 0.0934. The highest BCUT2D eigenvalue weighted by Crippen LogP contribution is 2.32. The number of carbonyl (C=O) groups is 2. The summed E-state index contributed by atoms with van der Waals surface area (Å²) >= 11 is 0. The van der Waals surface area contributed by atoms with E-state index in [4.69, 9.17) is 4.74 Å². The number of benzene rings is 2. The van der Waals surface area contributed by atoms with Gasteiger partial charge in [0.05, 0.1) is 17.7 Å². The quantitative estimate of drug-likeness (QED) is 0.792. The standard InChI is InChI=1S/C21H21F3N2O3/c1-2-29-16-9-7-15(8-10-16)26-13-14(11-19(26)27)12-25-20(28)17-5-3-4-6-18(17)21(22,23)24/h3-10,14H,2,11-13H2,1H3,(H,25,28). The molecule has 0 aromatic heterocycles. The molecule has 1 atom stereocenters. The molecule has 1 N–H and O–H groups in total. The van der Waals surface area contributed by atoms with Gasteiger partial charge in [-0.1, -0.05) is 12.1 Å². The van der Waals surface area contributed by atoms with E-state index in [-0.39, 0.29) is 24.8 Å². The number of nitrogens with zero attached hydrogens (tertiary/aromatic N) is 1. The summed E-state index contributed by atoms with van der Waals surface area (Å²) in [5.41, 5.74) is -0.682. The van der Waals surface area contributed by atoms with E-state index in [9.17, 15) is 22.8 Å². The van der Waals surface area contributed by atoms with Gasteiger partial charge in [-0.3, -0.25) is 9.59 Å². The van der Waals surface area contributed by atoms with Crippen molar-refractivity contribution in [2.45, 2.75) is 19.5 Å². The summed E-state index contributed by atoms with van der Waals surface area (Å²) in [5.74, 6) is -0.375. The summed E-state index contributed by atoms with van der Waals surface area (Å²) in [6.07, 6.45) is -4.39. The molecule has 1 fully saturated rings. The van der Waals surface area contributed by atoms with Crippen LogP contribution < -0.4 is 15.0 Å². The van der Waals surface area contributed by atoms with Crippen molar-refractivity contribution in [2.24, 2.45) is 5.92 Å². The van der Waals surface area contributed by atoms with Crippen LogP contribution in [0.1, 0.15) is 29.3 Å². The van der Waals surface area contributed by atoms with Gasteiger partial charge >= 0.3 is 6.18 Å². The van der Waals surface area contributed by atoms with Crippen LogP contribution in [0.4, 0.5) is 18.9 Å². The van der Waals surface area contributed by atoms with Crippen molar-refractivity contribution in [1.29, 1.82) is 0 Å². The second-order valence-corrected chi connectivity index (χ2v) is 6.75. The number of rotatable bonds is 6. The van der Waals surface area contributed by atoms with Crippen LogP contribution >= 0.6 is 0 Å². The smallest absolute Gasteiger partial charge is 0.417 e. The Hall–Kier alpha value is -3.03. The fourth-order valence-corrected chi connectivity index (χ4v) is 3.32. The Morgan fingerprint density at radius 1 is 1.17 bits per heavy atom. The van der Waals surface area contributed by atoms with Crippen molar-refractivity contribution in [2.75, 3.05) is 24.6 Å². The van der Waals surface area contributed by atoms with Crippen molar-refractivity contribution in [3.8, 4) is 5.75 Å². The number of amides is 2. The number of ether oxygens (including phenoxy) is 1. The highest BCUT2D eigenvalue weighted by Gasteiger charge is 2.35. The zero-order valence-corrected chi connectivity index (χ0v) is 15.8. The number of anilines is 1. The van der Waals surface area contributed by atoms with Gasteiger partial charge in [-0.25, -0.2) is 0 Å². The Morgan fingerprint density at radius 3 is 2.52 bits per heavy atom. The van der Waals surface area contributed by atoms with E-state index < -0.39 is 23.2 Å². The highest BCUT2D eigenvalue weighted by molar-refractivity contribution is 5.97. The summed E-state index contributed by atoms with van der Waals surface area (Å²) in [7, 11) is 0. The Balaban J connectivity index is 1.61. The molecule has 3 rings (SSSR count). The van der Waals surface area contributed by atoms with Gasteiger partial charge in [0.15, 0.2) is 0 Å². The van der Waals surface area contributed by atoms with Crippen molar-refractivity contribution < 1.29 is 27.5 Å². The lowest BCUT2D eigenvalue weighted by Gasteiger charge is -2.18.